The number of hydrogen-bond donors (Lipinski definition) is 1. The summed E-state index contributed by atoms with van der Waals surface area (Å²) in [5, 5.41) is 12.6. The van der Waals surface area contributed by atoms with Crippen LogP contribution in [0.5, 0.6) is 11.5 Å². The minimum absolute atomic E-state index is 0.0536. The van der Waals surface area contributed by atoms with Gasteiger partial charge in [0.2, 0.25) is 0 Å². The van der Waals surface area contributed by atoms with E-state index in [0.29, 0.717) is 29.2 Å². The highest BCUT2D eigenvalue weighted by Gasteiger charge is 2.15. The predicted octanol–water partition coefficient (Wildman–Crippen LogP) is 9.30. The molecule has 5 aromatic rings. The Hall–Kier alpha value is -4.79. The van der Waals surface area contributed by atoms with Gasteiger partial charge in [-0.1, -0.05) is 55.5 Å². The van der Waals surface area contributed by atoms with Crippen LogP contribution in [-0.4, -0.2) is 35.9 Å². The quantitative estimate of drug-likeness (QED) is 0.130. The number of carbonyl (C=O) groups excluding carboxylic acids is 2. The van der Waals surface area contributed by atoms with E-state index in [2.05, 4.69) is 55.5 Å². The number of thiophene rings is 2. The van der Waals surface area contributed by atoms with Crippen molar-refractivity contribution in [2.45, 2.75) is 27.2 Å². The van der Waals surface area contributed by atoms with Gasteiger partial charge in [0.1, 0.15) is 18.1 Å². The Labute approximate surface area is 270 Å². The molecule has 1 N–H and O–H groups in total. The molecule has 0 bridgehead atoms. The van der Waals surface area contributed by atoms with Crippen molar-refractivity contribution in [2.75, 3.05) is 13.2 Å². The number of ether oxygens (including phenoxy) is 2. The number of benzene rings is 3. The topological polar surface area (TPSA) is 89.9 Å². The average Bonchev–Trinajstić information content (AvgIpc) is 3.75. The summed E-state index contributed by atoms with van der Waals surface area (Å²) >= 11 is 3.11. The molecule has 0 atom stereocenters. The fourth-order valence-electron chi connectivity index (χ4n) is 4.82. The highest BCUT2D eigenvalue weighted by Crippen LogP contribution is 2.35. The largest absolute Gasteiger partial charge is 0.489 e. The van der Waals surface area contributed by atoms with Crippen molar-refractivity contribution in [1.29, 1.82) is 0 Å². The van der Waals surface area contributed by atoms with E-state index in [0.717, 1.165) is 49.6 Å². The third-order valence-corrected chi connectivity index (χ3v) is 9.27. The maximum Gasteiger partial charge on any atom is 0.341 e. The summed E-state index contributed by atoms with van der Waals surface area (Å²) < 4.78 is 11.4. The zero-order valence-corrected chi connectivity index (χ0v) is 26.8. The van der Waals surface area contributed by atoms with Crippen LogP contribution >= 0.6 is 22.7 Å². The summed E-state index contributed by atoms with van der Waals surface area (Å²) in [4.78, 5) is 36.5. The highest BCUT2D eigenvalue weighted by molar-refractivity contribution is 7.14. The number of carboxylic acids is 1. The number of aliphatic carboxylic acids is 1. The van der Waals surface area contributed by atoms with Crippen LogP contribution in [0.25, 0.3) is 26.5 Å². The van der Waals surface area contributed by atoms with E-state index < -0.39 is 12.6 Å². The zero-order chi connectivity index (χ0) is 31.9. The van der Waals surface area contributed by atoms with E-state index in [-0.39, 0.29) is 11.6 Å². The summed E-state index contributed by atoms with van der Waals surface area (Å²) in [5.41, 5.74) is 7.79. The molecular weight excluding hydrogens is 605 g/mol. The summed E-state index contributed by atoms with van der Waals surface area (Å²) in [5.74, 6) is 0.176. The number of carbonyl (C=O) groups is 3. The molecule has 0 fully saturated rings. The molecule has 6 nitrogen and oxygen atoms in total. The number of hydrogen-bond acceptors (Lipinski definition) is 7. The van der Waals surface area contributed by atoms with Crippen molar-refractivity contribution < 1.29 is 29.0 Å². The first-order chi connectivity index (χ1) is 21.7. The average molecular weight is 637 g/mol. The smallest absolute Gasteiger partial charge is 0.341 e. The minimum Gasteiger partial charge on any atom is -0.489 e. The summed E-state index contributed by atoms with van der Waals surface area (Å²) in [6.45, 7) is 5.21. The van der Waals surface area contributed by atoms with Gasteiger partial charge in [0.25, 0.3) is 0 Å². The lowest BCUT2D eigenvalue weighted by molar-refractivity contribution is -0.139. The highest BCUT2D eigenvalue weighted by atomic mass is 32.1. The lowest BCUT2D eigenvalue weighted by Gasteiger charge is -2.17. The van der Waals surface area contributed by atoms with Gasteiger partial charge in [-0.2, -0.15) is 0 Å². The molecule has 2 heterocycles. The third-order valence-electron chi connectivity index (χ3n) is 7.31. The van der Waals surface area contributed by atoms with Gasteiger partial charge < -0.3 is 14.6 Å². The van der Waals surface area contributed by atoms with E-state index >= 15 is 0 Å². The summed E-state index contributed by atoms with van der Waals surface area (Å²) in [6, 6.07) is 27.5. The molecule has 0 amide bonds. The number of rotatable bonds is 13. The van der Waals surface area contributed by atoms with E-state index in [4.69, 9.17) is 14.6 Å². The van der Waals surface area contributed by atoms with Crippen LogP contribution in [0.1, 0.15) is 59.0 Å². The van der Waals surface area contributed by atoms with Crippen molar-refractivity contribution in [3.8, 4) is 32.4 Å². The van der Waals surface area contributed by atoms with Gasteiger partial charge in [-0.05, 0) is 90.1 Å². The molecule has 0 saturated heterocycles. The molecule has 5 rings (SSSR count). The molecule has 0 radical (unpaired) electrons. The van der Waals surface area contributed by atoms with Gasteiger partial charge in [-0.3, -0.25) is 9.59 Å². The lowest BCUT2D eigenvalue weighted by atomic mass is 9.90. The van der Waals surface area contributed by atoms with Crippen molar-refractivity contribution in [1.82, 2.24) is 0 Å². The number of Topliss-reactive ketones (excluding diaryl/α,β-unsaturated/α-hetero) is 2. The Balaban J connectivity index is 1.46. The predicted molar refractivity (Wildman–Crippen MR) is 181 cm³/mol. The Morgan fingerprint density at radius 3 is 1.40 bits per heavy atom. The van der Waals surface area contributed by atoms with Gasteiger partial charge in [-0.15, -0.1) is 22.7 Å². The normalized spacial score (nSPS) is 10.7. The van der Waals surface area contributed by atoms with Crippen LogP contribution < -0.4 is 9.47 Å². The second-order valence-corrected chi connectivity index (χ2v) is 12.3. The summed E-state index contributed by atoms with van der Waals surface area (Å²) in [6.07, 6.45) is 0.748. The number of carboxylic acid groups (broad SMARTS) is 1. The van der Waals surface area contributed by atoms with Crippen LogP contribution in [0.15, 0.2) is 101 Å². The van der Waals surface area contributed by atoms with Gasteiger partial charge in [-0.25, -0.2) is 4.79 Å². The molecule has 45 heavy (non-hydrogen) atoms. The summed E-state index contributed by atoms with van der Waals surface area (Å²) in [7, 11) is 0. The lowest BCUT2D eigenvalue weighted by Crippen LogP contribution is -2.09. The van der Waals surface area contributed by atoms with Crippen LogP contribution in [0.3, 0.4) is 0 Å². The van der Waals surface area contributed by atoms with Crippen LogP contribution in [0.4, 0.5) is 0 Å². The second-order valence-electron chi connectivity index (χ2n) is 10.4. The first kappa shape index (κ1) is 31.6. The first-order valence-corrected chi connectivity index (χ1v) is 16.2. The van der Waals surface area contributed by atoms with Crippen LogP contribution in [-0.2, 0) is 4.79 Å². The molecule has 0 aliphatic heterocycles. The minimum atomic E-state index is -1.03. The van der Waals surface area contributed by atoms with Crippen molar-refractivity contribution >= 4 is 45.8 Å². The number of ketones is 2. The molecular formula is C37H32O6S2. The van der Waals surface area contributed by atoms with Crippen LogP contribution in [0, 0.1) is 0 Å². The maximum atomic E-state index is 11.8. The third kappa shape index (κ3) is 7.84. The van der Waals surface area contributed by atoms with E-state index in [1.807, 2.05) is 22.9 Å². The monoisotopic (exact) mass is 636 g/mol. The van der Waals surface area contributed by atoms with E-state index in [1.165, 1.54) is 0 Å². The van der Waals surface area contributed by atoms with Gasteiger partial charge >= 0.3 is 5.97 Å². The molecule has 228 valence electrons. The molecule has 0 aliphatic rings. The standard InChI is InChI=1S/C37H32O6S2/c1-4-25(19-42-32-13-15-33(16-14-32)43-20-36(40)41)37(28-9-5-26(6-10-28)34-17-30(21-44-34)23(2)38)29-11-7-27(8-12-29)35-18-31(22-45-35)24(3)39/h5-18,21-22H,4,19-20H2,1-3H3,(H,40,41). The van der Waals surface area contributed by atoms with Gasteiger partial charge in [0.05, 0.1) is 0 Å². The molecule has 8 heteroatoms. The van der Waals surface area contributed by atoms with E-state index in [1.54, 1.807) is 60.8 Å². The van der Waals surface area contributed by atoms with Gasteiger partial charge in [0, 0.05) is 31.6 Å². The van der Waals surface area contributed by atoms with Gasteiger partial charge in [0.15, 0.2) is 18.2 Å². The van der Waals surface area contributed by atoms with Crippen molar-refractivity contribution in [3.05, 3.63) is 124 Å². The molecule has 0 spiro atoms. The van der Waals surface area contributed by atoms with E-state index in [9.17, 15) is 14.4 Å². The second kappa shape index (κ2) is 14.3. The molecule has 0 aliphatic carbocycles. The molecule has 2 aromatic heterocycles. The fraction of sp³-hybridized carbons (Fsp3) is 0.162. The Bertz CT molecular complexity index is 1740. The van der Waals surface area contributed by atoms with Crippen molar-refractivity contribution in [2.24, 2.45) is 0 Å². The molecule has 0 saturated carbocycles. The van der Waals surface area contributed by atoms with Crippen LogP contribution in [0.2, 0.25) is 0 Å². The Morgan fingerprint density at radius 2 is 1.04 bits per heavy atom. The van der Waals surface area contributed by atoms with Crippen molar-refractivity contribution in [3.63, 3.8) is 0 Å². The SMILES string of the molecule is CCC(COc1ccc(OCC(=O)O)cc1)=C(c1ccc(-c2cc(C(C)=O)cs2)cc1)c1ccc(-c2cc(C(C)=O)cs2)cc1. The first-order valence-electron chi connectivity index (χ1n) is 14.4. The Kier molecular flexibility index (Phi) is 10.1. The Morgan fingerprint density at radius 1 is 0.622 bits per heavy atom. The molecule has 0 unspecified atom stereocenters. The zero-order valence-electron chi connectivity index (χ0n) is 25.2. The maximum absolute atomic E-state index is 11.8. The molecule has 3 aromatic carbocycles. The fourth-order valence-corrected chi connectivity index (χ4v) is 6.73.